The Hall–Kier alpha value is -6.68. The SMILES string of the molecule is C#CC#CC#CC#CC#CC#CC#CC#CC#CC#CC#COc1ccc(CO)c(C)c1.Cc1ccc(CO)c(C)c1.[HH].[HH].[HH].[HH].[HH].[HH].[HH].[HH].[HH].[HH].[HH].[HH].[HH].[HH].[HH].[HH].[HH].[HH].[HH].[HH].[HH].[HH]. The summed E-state index contributed by atoms with van der Waals surface area (Å²) in [6, 6.07) is 11.3. The molecule has 0 aromatic heterocycles. The van der Waals surface area contributed by atoms with Gasteiger partial charge >= 0.3 is 0 Å². The number of benzene rings is 2. The van der Waals surface area contributed by atoms with Crippen LogP contribution >= 0.6 is 0 Å². The van der Waals surface area contributed by atoms with Crippen LogP contribution < -0.4 is 4.74 Å². The predicted octanol–water partition coefficient (Wildman–Crippen LogP) is 8.70. The molecule has 42 heavy (non-hydrogen) atoms. The molecule has 2 aromatic rings. The third kappa shape index (κ3) is 16.2. The molecular weight excluding hydrogens is 516 g/mol. The van der Waals surface area contributed by atoms with Gasteiger partial charge in [-0.2, -0.15) is 0 Å². The average Bonchev–Trinajstić information content (AvgIpc) is 2.98. The zero-order chi connectivity index (χ0) is 30.7. The number of terminal acetylenes is 1. The summed E-state index contributed by atoms with van der Waals surface area (Å²) in [6.07, 6.45) is 7.38. The standard InChI is InChI=1S/C30H10O2.C9H12O.22H2/c1-3-4-5-6-7-8-9-10-11-12-13-14-15-16-17-18-19-20-21-22-25-32-30-24-23-29(27-31)28(2)26-30;1-7-3-4-9(6-10)8(2)5-7;;;;;;;;;;;;;;;;;;;;;;/h1,23-24,26,31H,27H2,2H3;3-5,10H,6H2,1-2H3;22*1H. The minimum absolute atomic E-state index is 0. The maximum atomic E-state index is 9.12. The molecule has 0 radical (unpaired) electrons. The van der Waals surface area contributed by atoms with E-state index in [-0.39, 0.29) is 44.6 Å². The molecule has 0 aliphatic rings. The molecule has 0 fully saturated rings. The highest BCUT2D eigenvalue weighted by Gasteiger charge is 1.98. The molecule has 0 saturated heterocycles. The van der Waals surface area contributed by atoms with E-state index in [2.05, 4.69) is 131 Å². The minimum atomic E-state index is -0.0171. The molecule has 3 heteroatoms. The first-order valence-electron chi connectivity index (χ1n) is 12.0. The van der Waals surface area contributed by atoms with Crippen LogP contribution in [0.4, 0.5) is 0 Å². The summed E-state index contributed by atoms with van der Waals surface area (Å²) >= 11 is 0. The molecule has 0 atom stereocenters. The van der Waals surface area contributed by atoms with Crippen molar-refractivity contribution in [2.24, 2.45) is 0 Å². The summed E-state index contributed by atoms with van der Waals surface area (Å²) in [4.78, 5) is 0. The molecule has 3 nitrogen and oxygen atoms in total. The third-order valence-corrected chi connectivity index (χ3v) is 4.57. The smallest absolute Gasteiger partial charge is 0.140 e. The number of aliphatic hydroxyl groups excluding tert-OH is 2. The molecule has 0 amide bonds. The Morgan fingerprint density at radius 2 is 0.929 bits per heavy atom. The summed E-state index contributed by atoms with van der Waals surface area (Å²) < 4.78 is 5.24. The van der Waals surface area contributed by atoms with Gasteiger partial charge in [0.25, 0.3) is 0 Å². The molecule has 0 unspecified atom stereocenters. The number of hydrogen-bond acceptors (Lipinski definition) is 3. The summed E-state index contributed by atoms with van der Waals surface area (Å²) in [5, 5.41) is 17.9. The van der Waals surface area contributed by atoms with E-state index in [0.29, 0.717) is 5.75 Å². The summed E-state index contributed by atoms with van der Waals surface area (Å²) in [7, 11) is 0. The number of rotatable bonds is 3. The number of hydrogen-bond donors (Lipinski definition) is 2. The third-order valence-electron chi connectivity index (χ3n) is 4.57. The van der Waals surface area contributed by atoms with E-state index in [1.165, 1.54) is 11.1 Å². The minimum Gasteiger partial charge on any atom is -0.407 e. The fourth-order valence-corrected chi connectivity index (χ4v) is 2.61. The molecule has 240 valence electrons. The first kappa shape index (κ1) is 33.3. The van der Waals surface area contributed by atoms with Crippen molar-refractivity contribution in [2.75, 3.05) is 0 Å². The van der Waals surface area contributed by atoms with Gasteiger partial charge < -0.3 is 14.9 Å². The molecule has 0 saturated carbocycles. The van der Waals surface area contributed by atoms with Crippen molar-refractivity contribution in [3.05, 3.63) is 64.2 Å². The van der Waals surface area contributed by atoms with Crippen LogP contribution in [0.5, 0.6) is 5.75 Å². The van der Waals surface area contributed by atoms with Crippen molar-refractivity contribution >= 4 is 0 Å². The number of ether oxygens (including phenoxy) is 1. The summed E-state index contributed by atoms with van der Waals surface area (Å²) in [6.45, 7) is 6.07. The van der Waals surface area contributed by atoms with E-state index in [1.54, 1.807) is 18.2 Å². The zero-order valence-corrected chi connectivity index (χ0v) is 23.3. The van der Waals surface area contributed by atoms with Gasteiger partial charge in [0.1, 0.15) is 11.9 Å². The van der Waals surface area contributed by atoms with Crippen LogP contribution in [0.3, 0.4) is 0 Å². The lowest BCUT2D eigenvalue weighted by molar-refractivity contribution is 0.280. The lowest BCUT2D eigenvalue weighted by Crippen LogP contribution is -1.90. The van der Waals surface area contributed by atoms with E-state index in [9.17, 15) is 0 Å². The van der Waals surface area contributed by atoms with Gasteiger partial charge in [-0.05, 0) is 103 Å². The van der Waals surface area contributed by atoms with Crippen molar-refractivity contribution in [3.63, 3.8) is 0 Å². The zero-order valence-electron chi connectivity index (χ0n) is 23.3. The Kier molecular flexibility index (Phi) is 17.7. The van der Waals surface area contributed by atoms with Gasteiger partial charge in [-0.15, -0.1) is 6.42 Å². The van der Waals surface area contributed by atoms with Crippen molar-refractivity contribution < 1.29 is 46.3 Å². The number of aryl methyl sites for hydroxylation is 3. The van der Waals surface area contributed by atoms with Gasteiger partial charge in [0, 0.05) is 102 Å². The van der Waals surface area contributed by atoms with Crippen LogP contribution in [-0.4, -0.2) is 10.2 Å². The maximum Gasteiger partial charge on any atom is 0.140 e. The Bertz CT molecular complexity index is 2030. The predicted molar refractivity (Wildman–Crippen MR) is 213 cm³/mol. The largest absolute Gasteiger partial charge is 0.407 e. The van der Waals surface area contributed by atoms with Crippen molar-refractivity contribution in [1.29, 1.82) is 0 Å². The Morgan fingerprint density at radius 1 is 0.548 bits per heavy atom. The van der Waals surface area contributed by atoms with Crippen LogP contribution in [0.2, 0.25) is 0 Å². The van der Waals surface area contributed by atoms with E-state index in [4.69, 9.17) is 21.4 Å². The second-order valence-corrected chi connectivity index (χ2v) is 7.56. The summed E-state index contributed by atoms with van der Waals surface area (Å²) in [5.74, 6) is 49.9. The normalized spacial score (nSPS) is 6.86. The van der Waals surface area contributed by atoms with Crippen LogP contribution in [-0.2, 0) is 13.2 Å². The van der Waals surface area contributed by atoms with Gasteiger partial charge in [-0.3, -0.25) is 0 Å². The van der Waals surface area contributed by atoms with Gasteiger partial charge in [-0.1, -0.05) is 29.8 Å². The van der Waals surface area contributed by atoms with E-state index in [0.717, 1.165) is 16.7 Å². The molecule has 0 bridgehead atoms. The van der Waals surface area contributed by atoms with Gasteiger partial charge in [0.2, 0.25) is 0 Å². The van der Waals surface area contributed by atoms with E-state index >= 15 is 0 Å². The molecule has 2 N–H and O–H groups in total. The quantitative estimate of drug-likeness (QED) is 0.356. The van der Waals surface area contributed by atoms with Gasteiger partial charge in [0.05, 0.1) is 13.2 Å². The topological polar surface area (TPSA) is 49.7 Å². The van der Waals surface area contributed by atoms with Crippen LogP contribution in [0, 0.1) is 152 Å². The first-order valence-corrected chi connectivity index (χ1v) is 12.0. The van der Waals surface area contributed by atoms with Crippen molar-refractivity contribution in [2.45, 2.75) is 34.0 Å². The fourth-order valence-electron chi connectivity index (χ4n) is 2.61. The second kappa shape index (κ2) is 22.3. The molecule has 2 aromatic carbocycles. The summed E-state index contributed by atoms with van der Waals surface area (Å²) in [5.41, 5.74) is 5.19. The van der Waals surface area contributed by atoms with Crippen molar-refractivity contribution in [3.8, 4) is 137 Å². The van der Waals surface area contributed by atoms with Crippen LogP contribution in [0.1, 0.15) is 59.2 Å². The lowest BCUT2D eigenvalue weighted by Gasteiger charge is -2.03. The Morgan fingerprint density at radius 3 is 1.31 bits per heavy atom. The molecule has 0 aliphatic carbocycles. The van der Waals surface area contributed by atoms with E-state index in [1.807, 2.05) is 32.9 Å². The van der Waals surface area contributed by atoms with Gasteiger partial charge in [-0.25, -0.2) is 0 Å². The lowest BCUT2D eigenvalue weighted by atomic mass is 10.1. The first-order chi connectivity index (χ1) is 20.5. The monoisotopic (exact) mass is 583 g/mol. The highest BCUT2D eigenvalue weighted by atomic mass is 16.5. The molecule has 0 aliphatic heterocycles. The van der Waals surface area contributed by atoms with Crippen molar-refractivity contribution in [1.82, 2.24) is 0 Å². The average molecular weight is 583 g/mol. The molecule has 2 rings (SSSR count). The highest BCUT2D eigenvalue weighted by molar-refractivity contribution is 5.47. The fraction of sp³-hybridized carbons (Fsp3) is 0.128. The highest BCUT2D eigenvalue weighted by Crippen LogP contribution is 2.16. The van der Waals surface area contributed by atoms with Crippen LogP contribution in [0.15, 0.2) is 36.4 Å². The second-order valence-electron chi connectivity index (χ2n) is 7.56. The Balaban J connectivity index is -0.0000000249. The van der Waals surface area contributed by atoms with E-state index < -0.39 is 0 Å². The number of aliphatic hydroxyl groups is 2. The molecule has 0 spiro atoms. The Labute approximate surface area is 282 Å². The van der Waals surface area contributed by atoms with Crippen LogP contribution in [0.25, 0.3) is 0 Å². The molecule has 0 heterocycles. The van der Waals surface area contributed by atoms with Gasteiger partial charge in [0.15, 0.2) is 0 Å². The maximum absolute atomic E-state index is 9.12. The molecular formula is C39H66O3.